The lowest BCUT2D eigenvalue weighted by atomic mass is 9.99. The molecule has 0 saturated carbocycles. The Balaban J connectivity index is 0.00000161. The first-order valence-electron chi connectivity index (χ1n) is 7.19. The third-order valence-corrected chi connectivity index (χ3v) is 3.94. The minimum Gasteiger partial charge on any atom is -0.368 e. The van der Waals surface area contributed by atoms with Crippen LogP contribution in [0.25, 0.3) is 0 Å². The fraction of sp³-hybridized carbons (Fsp3) is 0.533. The van der Waals surface area contributed by atoms with Gasteiger partial charge in [0.2, 0.25) is 0 Å². The Morgan fingerprint density at radius 2 is 2.24 bits per heavy atom. The minimum absolute atomic E-state index is 0. The van der Waals surface area contributed by atoms with Crippen molar-refractivity contribution < 1.29 is 13.9 Å². The largest absolute Gasteiger partial charge is 0.368 e. The van der Waals surface area contributed by atoms with Gasteiger partial charge in [-0.05, 0) is 49.4 Å². The van der Waals surface area contributed by atoms with E-state index < -0.39 is 6.10 Å². The zero-order valence-electron chi connectivity index (χ0n) is 11.8. The summed E-state index contributed by atoms with van der Waals surface area (Å²) in [5, 5.41) is 5.88. The van der Waals surface area contributed by atoms with E-state index in [1.54, 1.807) is 6.07 Å². The van der Waals surface area contributed by atoms with Crippen LogP contribution in [0.2, 0.25) is 0 Å². The molecule has 3 rings (SSSR count). The van der Waals surface area contributed by atoms with E-state index >= 15 is 0 Å². The molecule has 0 radical (unpaired) electrons. The highest BCUT2D eigenvalue weighted by molar-refractivity contribution is 5.94. The molecule has 1 atom stereocenters. The molecule has 2 N–H and O–H groups in total. The van der Waals surface area contributed by atoms with Gasteiger partial charge in [0, 0.05) is 13.2 Å². The lowest BCUT2D eigenvalue weighted by Crippen LogP contribution is -2.33. The number of ether oxygens (including phenoxy) is 1. The molecule has 1 aromatic carbocycles. The molecule has 1 fully saturated rings. The summed E-state index contributed by atoms with van der Waals surface area (Å²) in [5.41, 5.74) is 1.96. The topological polar surface area (TPSA) is 50.4 Å². The highest BCUT2D eigenvalue weighted by Crippen LogP contribution is 2.25. The van der Waals surface area contributed by atoms with Crippen molar-refractivity contribution in [2.24, 2.45) is 0 Å². The quantitative estimate of drug-likeness (QED) is 0.881. The lowest BCUT2D eigenvalue weighted by Gasteiger charge is -2.23. The van der Waals surface area contributed by atoms with Crippen LogP contribution in [0.15, 0.2) is 12.1 Å². The maximum absolute atomic E-state index is 14.4. The minimum atomic E-state index is -0.444. The number of benzene rings is 1. The molecule has 1 amide bonds. The standard InChI is InChI=1S/C15H19FN2O2.ClH/c16-14-11-6-7-17-9-10(11)4-5-12(14)18-15(19)13-3-1-2-8-20-13;/h4-5,13,17H,1-3,6-9H2,(H,18,19);1H. The van der Waals surface area contributed by atoms with Gasteiger partial charge in [-0.3, -0.25) is 4.79 Å². The fourth-order valence-electron chi connectivity index (χ4n) is 2.79. The van der Waals surface area contributed by atoms with Crippen LogP contribution in [0, 0.1) is 5.82 Å². The summed E-state index contributed by atoms with van der Waals surface area (Å²) in [6, 6.07) is 3.52. The monoisotopic (exact) mass is 314 g/mol. The second-order valence-corrected chi connectivity index (χ2v) is 5.34. The maximum atomic E-state index is 14.4. The summed E-state index contributed by atoms with van der Waals surface area (Å²) in [7, 11) is 0. The van der Waals surface area contributed by atoms with Crippen molar-refractivity contribution in [2.45, 2.75) is 38.3 Å². The molecule has 6 heteroatoms. The molecule has 1 aromatic rings. The van der Waals surface area contributed by atoms with E-state index in [9.17, 15) is 9.18 Å². The van der Waals surface area contributed by atoms with Gasteiger partial charge in [-0.15, -0.1) is 12.4 Å². The summed E-state index contributed by atoms with van der Waals surface area (Å²) in [4.78, 5) is 12.1. The Kier molecular flexibility index (Phi) is 5.56. The zero-order chi connectivity index (χ0) is 13.9. The average molecular weight is 315 g/mol. The number of hydrogen-bond acceptors (Lipinski definition) is 3. The van der Waals surface area contributed by atoms with Gasteiger partial charge in [0.1, 0.15) is 11.9 Å². The number of anilines is 1. The first kappa shape index (κ1) is 16.2. The van der Waals surface area contributed by atoms with Crippen LogP contribution in [-0.4, -0.2) is 25.2 Å². The van der Waals surface area contributed by atoms with Gasteiger partial charge in [0.25, 0.3) is 5.91 Å². The van der Waals surface area contributed by atoms with Gasteiger partial charge >= 0.3 is 0 Å². The van der Waals surface area contributed by atoms with Crippen molar-refractivity contribution >= 4 is 24.0 Å². The van der Waals surface area contributed by atoms with Crippen molar-refractivity contribution in [1.29, 1.82) is 0 Å². The predicted molar refractivity (Wildman–Crippen MR) is 81.3 cm³/mol. The van der Waals surface area contributed by atoms with Gasteiger partial charge in [0.15, 0.2) is 0 Å². The molecule has 4 nitrogen and oxygen atoms in total. The normalized spacial score (nSPS) is 21.1. The van der Waals surface area contributed by atoms with E-state index in [-0.39, 0.29) is 29.8 Å². The summed E-state index contributed by atoms with van der Waals surface area (Å²) in [6.45, 7) is 2.07. The first-order valence-corrected chi connectivity index (χ1v) is 7.19. The van der Waals surface area contributed by atoms with Crippen LogP contribution in [-0.2, 0) is 22.5 Å². The van der Waals surface area contributed by atoms with Crippen LogP contribution < -0.4 is 10.6 Å². The Morgan fingerprint density at radius 3 is 3.00 bits per heavy atom. The van der Waals surface area contributed by atoms with Gasteiger partial charge in [-0.2, -0.15) is 0 Å². The number of amides is 1. The van der Waals surface area contributed by atoms with Crippen LogP contribution in [0.5, 0.6) is 0 Å². The molecule has 116 valence electrons. The van der Waals surface area contributed by atoms with Crippen molar-refractivity contribution in [3.63, 3.8) is 0 Å². The number of carbonyl (C=O) groups excluding carboxylic acids is 1. The molecule has 2 aliphatic rings. The third kappa shape index (κ3) is 3.54. The highest BCUT2D eigenvalue weighted by atomic mass is 35.5. The van der Waals surface area contributed by atoms with Crippen LogP contribution >= 0.6 is 12.4 Å². The summed E-state index contributed by atoms with van der Waals surface area (Å²) in [6.07, 6.45) is 2.90. The Hall–Kier alpha value is -1.17. The number of hydrogen-bond donors (Lipinski definition) is 2. The molecule has 2 heterocycles. The van der Waals surface area contributed by atoms with Crippen LogP contribution in [0.3, 0.4) is 0 Å². The van der Waals surface area contributed by atoms with Gasteiger partial charge < -0.3 is 15.4 Å². The maximum Gasteiger partial charge on any atom is 0.253 e. The number of fused-ring (bicyclic) bond motifs is 1. The van der Waals surface area contributed by atoms with Crippen molar-refractivity contribution in [2.75, 3.05) is 18.5 Å². The molecule has 21 heavy (non-hydrogen) atoms. The van der Waals surface area contributed by atoms with Gasteiger partial charge in [0.05, 0.1) is 5.69 Å². The number of carbonyl (C=O) groups is 1. The predicted octanol–water partition coefficient (Wildman–Crippen LogP) is 2.40. The molecule has 0 aromatic heterocycles. The molecule has 2 aliphatic heterocycles. The first-order chi connectivity index (χ1) is 9.75. The molecule has 0 aliphatic carbocycles. The van der Waals surface area contributed by atoms with Crippen LogP contribution in [0.1, 0.15) is 30.4 Å². The van der Waals surface area contributed by atoms with E-state index in [1.165, 1.54) is 0 Å². The second-order valence-electron chi connectivity index (χ2n) is 5.34. The fourth-order valence-corrected chi connectivity index (χ4v) is 2.79. The molecular formula is C15H20ClFN2O2. The summed E-state index contributed by atoms with van der Waals surface area (Å²) < 4.78 is 19.8. The van der Waals surface area contributed by atoms with Crippen molar-refractivity contribution in [3.8, 4) is 0 Å². The number of halogens is 2. The molecule has 1 saturated heterocycles. The van der Waals surface area contributed by atoms with E-state index in [0.717, 1.165) is 24.9 Å². The Morgan fingerprint density at radius 1 is 1.38 bits per heavy atom. The summed E-state index contributed by atoms with van der Waals surface area (Å²) in [5.74, 6) is -0.536. The summed E-state index contributed by atoms with van der Waals surface area (Å²) >= 11 is 0. The molecular weight excluding hydrogens is 295 g/mol. The van der Waals surface area contributed by atoms with E-state index in [2.05, 4.69) is 10.6 Å². The zero-order valence-corrected chi connectivity index (χ0v) is 12.6. The SMILES string of the molecule is Cl.O=C(Nc1ccc2c(c1F)CCNC2)C1CCCCO1. The Labute approximate surface area is 129 Å². The van der Waals surface area contributed by atoms with Crippen LogP contribution in [0.4, 0.5) is 10.1 Å². The van der Waals surface area contributed by atoms with E-state index in [0.29, 0.717) is 31.6 Å². The smallest absolute Gasteiger partial charge is 0.253 e. The average Bonchev–Trinajstić information content (AvgIpc) is 2.51. The lowest BCUT2D eigenvalue weighted by molar-refractivity contribution is -0.130. The van der Waals surface area contributed by atoms with E-state index in [4.69, 9.17) is 4.74 Å². The molecule has 0 bridgehead atoms. The number of nitrogens with one attached hydrogen (secondary N) is 2. The van der Waals surface area contributed by atoms with Gasteiger partial charge in [-0.1, -0.05) is 6.07 Å². The van der Waals surface area contributed by atoms with E-state index in [1.807, 2.05) is 6.07 Å². The Bertz CT molecular complexity index is 519. The van der Waals surface area contributed by atoms with Gasteiger partial charge in [-0.25, -0.2) is 4.39 Å². The molecule has 0 spiro atoms. The third-order valence-electron chi connectivity index (χ3n) is 3.94. The highest BCUT2D eigenvalue weighted by Gasteiger charge is 2.24. The second kappa shape index (κ2) is 7.20. The molecule has 1 unspecified atom stereocenters. The van der Waals surface area contributed by atoms with Crippen molar-refractivity contribution in [3.05, 3.63) is 29.1 Å². The van der Waals surface area contributed by atoms with Crippen molar-refractivity contribution in [1.82, 2.24) is 5.32 Å². The number of rotatable bonds is 2.